The van der Waals surface area contributed by atoms with Gasteiger partial charge in [0.05, 0.1) is 6.10 Å². The summed E-state index contributed by atoms with van der Waals surface area (Å²) in [5.74, 6) is -0.327. The van der Waals surface area contributed by atoms with Gasteiger partial charge in [0.2, 0.25) is 0 Å². The van der Waals surface area contributed by atoms with Crippen LogP contribution in [0.2, 0.25) is 0 Å². The molecule has 27 heavy (non-hydrogen) atoms. The third-order valence-electron chi connectivity index (χ3n) is 4.89. The molecule has 2 aliphatic heterocycles. The Morgan fingerprint density at radius 1 is 1.15 bits per heavy atom. The number of anilines is 1. The van der Waals surface area contributed by atoms with Gasteiger partial charge in [-0.05, 0) is 49.9 Å². The van der Waals surface area contributed by atoms with E-state index in [1.54, 1.807) is 4.90 Å². The van der Waals surface area contributed by atoms with E-state index in [9.17, 15) is 14.0 Å². The number of nitrogens with one attached hydrogen (secondary N) is 2. The number of carbonyl (C=O) groups is 2. The Hall–Kier alpha value is -1.90. The highest BCUT2D eigenvalue weighted by Gasteiger charge is 2.34. The minimum atomic E-state index is -0.380. The van der Waals surface area contributed by atoms with Crippen molar-refractivity contribution >= 4 is 30.0 Å². The highest BCUT2D eigenvalue weighted by atomic mass is 35.5. The van der Waals surface area contributed by atoms with Crippen LogP contribution >= 0.6 is 12.4 Å². The van der Waals surface area contributed by atoms with Gasteiger partial charge in [0.1, 0.15) is 11.9 Å². The summed E-state index contributed by atoms with van der Waals surface area (Å²) < 4.78 is 18.5. The zero-order valence-corrected chi connectivity index (χ0v) is 15.8. The molecule has 0 radical (unpaired) electrons. The molecular formula is C18H26ClFN4O3. The van der Waals surface area contributed by atoms with Crippen LogP contribution in [0, 0.1) is 5.82 Å². The number of amides is 3. The average Bonchev–Trinajstić information content (AvgIpc) is 3.13. The Labute approximate surface area is 164 Å². The molecule has 7 nitrogen and oxygen atoms in total. The van der Waals surface area contributed by atoms with Crippen LogP contribution in [0.25, 0.3) is 0 Å². The fourth-order valence-corrected chi connectivity index (χ4v) is 3.39. The second-order valence-corrected chi connectivity index (χ2v) is 6.76. The molecule has 0 spiro atoms. The van der Waals surface area contributed by atoms with Crippen LogP contribution in [0.5, 0.6) is 0 Å². The molecule has 9 heteroatoms. The Morgan fingerprint density at radius 3 is 2.41 bits per heavy atom. The van der Waals surface area contributed by atoms with Crippen molar-refractivity contribution in [3.63, 3.8) is 0 Å². The van der Waals surface area contributed by atoms with Crippen LogP contribution in [0.3, 0.4) is 0 Å². The molecule has 2 saturated heterocycles. The number of carbonyl (C=O) groups excluding carboxylic acids is 2. The Balaban J connectivity index is 0.00000261. The van der Waals surface area contributed by atoms with Crippen molar-refractivity contribution in [1.82, 2.24) is 10.2 Å². The maximum absolute atomic E-state index is 12.9. The Morgan fingerprint density at radius 2 is 1.81 bits per heavy atom. The molecular weight excluding hydrogens is 375 g/mol. The summed E-state index contributed by atoms with van der Waals surface area (Å²) >= 11 is 0. The number of hydrogen-bond donors (Lipinski definition) is 3. The predicted molar refractivity (Wildman–Crippen MR) is 102 cm³/mol. The van der Waals surface area contributed by atoms with E-state index in [-0.39, 0.29) is 48.4 Å². The normalized spacial score (nSPS) is 22.8. The summed E-state index contributed by atoms with van der Waals surface area (Å²) in [7, 11) is 0. The van der Waals surface area contributed by atoms with Gasteiger partial charge in [-0.2, -0.15) is 0 Å². The van der Waals surface area contributed by atoms with Crippen molar-refractivity contribution in [1.29, 1.82) is 0 Å². The summed E-state index contributed by atoms with van der Waals surface area (Å²) in [6.45, 7) is 1.62. The summed E-state index contributed by atoms with van der Waals surface area (Å²) in [5.41, 5.74) is 6.12. The highest BCUT2D eigenvalue weighted by molar-refractivity contribution is 5.89. The van der Waals surface area contributed by atoms with Gasteiger partial charge < -0.3 is 26.0 Å². The maximum Gasteiger partial charge on any atom is 0.319 e. The molecule has 1 aromatic rings. The summed E-state index contributed by atoms with van der Waals surface area (Å²) in [6, 6.07) is 5.27. The lowest BCUT2D eigenvalue weighted by Crippen LogP contribution is -2.49. The number of likely N-dealkylation sites (tertiary alicyclic amines) is 1. The van der Waals surface area contributed by atoms with Gasteiger partial charge in [0.25, 0.3) is 5.91 Å². The van der Waals surface area contributed by atoms with Gasteiger partial charge in [0, 0.05) is 31.4 Å². The van der Waals surface area contributed by atoms with Crippen LogP contribution in [0.15, 0.2) is 24.3 Å². The summed E-state index contributed by atoms with van der Waals surface area (Å²) in [6.07, 6.45) is 2.53. The van der Waals surface area contributed by atoms with E-state index in [0.717, 1.165) is 12.8 Å². The van der Waals surface area contributed by atoms with Gasteiger partial charge in [-0.25, -0.2) is 9.18 Å². The number of nitrogens with zero attached hydrogens (tertiary/aromatic N) is 1. The van der Waals surface area contributed by atoms with E-state index < -0.39 is 0 Å². The number of piperidine rings is 1. The fourth-order valence-electron chi connectivity index (χ4n) is 3.39. The number of halogens is 2. The van der Waals surface area contributed by atoms with E-state index in [2.05, 4.69) is 10.6 Å². The van der Waals surface area contributed by atoms with Crippen LogP contribution in [-0.4, -0.2) is 54.7 Å². The number of rotatable bonds is 4. The first-order chi connectivity index (χ1) is 12.5. The molecule has 2 aliphatic rings. The molecule has 2 atom stereocenters. The van der Waals surface area contributed by atoms with Crippen molar-refractivity contribution in [3.8, 4) is 0 Å². The largest absolute Gasteiger partial charge is 0.364 e. The monoisotopic (exact) mass is 400 g/mol. The molecule has 2 fully saturated rings. The zero-order chi connectivity index (χ0) is 18.5. The summed E-state index contributed by atoms with van der Waals surface area (Å²) in [5, 5.41) is 5.57. The van der Waals surface area contributed by atoms with Gasteiger partial charge in [-0.15, -0.1) is 12.4 Å². The Bertz CT molecular complexity index is 638. The van der Waals surface area contributed by atoms with Gasteiger partial charge in [0.15, 0.2) is 0 Å². The van der Waals surface area contributed by atoms with E-state index >= 15 is 0 Å². The summed E-state index contributed by atoms with van der Waals surface area (Å²) in [4.78, 5) is 26.3. The van der Waals surface area contributed by atoms with Crippen molar-refractivity contribution in [2.45, 2.75) is 43.9 Å². The Kier molecular flexibility index (Phi) is 7.82. The molecule has 0 aliphatic carbocycles. The zero-order valence-electron chi connectivity index (χ0n) is 15.0. The minimum Gasteiger partial charge on any atom is -0.364 e. The molecule has 0 aromatic heterocycles. The van der Waals surface area contributed by atoms with Gasteiger partial charge >= 0.3 is 6.03 Å². The molecule has 0 bridgehead atoms. The van der Waals surface area contributed by atoms with Crippen LogP contribution in [-0.2, 0) is 9.53 Å². The molecule has 0 unspecified atom stereocenters. The molecule has 3 rings (SSSR count). The molecule has 4 N–H and O–H groups in total. The SMILES string of the molecule is Cl.NC[C@H]1CC[C@@H](C(=O)N2CCC(NC(=O)Nc3ccc(F)cc3)CC2)O1. The highest BCUT2D eigenvalue weighted by Crippen LogP contribution is 2.22. The number of hydrogen-bond acceptors (Lipinski definition) is 4. The van der Waals surface area contributed by atoms with Crippen molar-refractivity contribution in [2.75, 3.05) is 25.0 Å². The second kappa shape index (κ2) is 9.87. The smallest absolute Gasteiger partial charge is 0.319 e. The minimum absolute atomic E-state index is 0. The third-order valence-corrected chi connectivity index (χ3v) is 4.89. The quantitative estimate of drug-likeness (QED) is 0.718. The van der Waals surface area contributed by atoms with E-state index in [1.165, 1.54) is 24.3 Å². The predicted octanol–water partition coefficient (Wildman–Crippen LogP) is 1.87. The van der Waals surface area contributed by atoms with Crippen LogP contribution in [0.1, 0.15) is 25.7 Å². The third kappa shape index (κ3) is 5.79. The van der Waals surface area contributed by atoms with Crippen molar-refractivity contribution in [3.05, 3.63) is 30.1 Å². The van der Waals surface area contributed by atoms with E-state index in [0.29, 0.717) is 38.2 Å². The topological polar surface area (TPSA) is 96.7 Å². The van der Waals surface area contributed by atoms with Crippen LogP contribution in [0.4, 0.5) is 14.9 Å². The standard InChI is InChI=1S/C18H25FN4O3.ClH/c19-12-1-3-13(4-2-12)21-18(25)22-14-7-9-23(10-8-14)17(24)16-6-5-15(11-20)26-16;/h1-4,14-16H,5-11,20H2,(H2,21,22,25);1H/t15-,16+;/m1./s1. The first kappa shape index (κ1) is 21.4. The van der Waals surface area contributed by atoms with E-state index in [1.807, 2.05) is 0 Å². The fraction of sp³-hybridized carbons (Fsp3) is 0.556. The molecule has 2 heterocycles. The molecule has 3 amide bonds. The maximum atomic E-state index is 12.9. The van der Waals surface area contributed by atoms with Crippen LogP contribution < -0.4 is 16.4 Å². The number of urea groups is 1. The lowest BCUT2D eigenvalue weighted by atomic mass is 10.0. The lowest BCUT2D eigenvalue weighted by Gasteiger charge is -2.33. The molecule has 0 saturated carbocycles. The second-order valence-electron chi connectivity index (χ2n) is 6.76. The van der Waals surface area contributed by atoms with Gasteiger partial charge in [-0.1, -0.05) is 0 Å². The van der Waals surface area contributed by atoms with Crippen molar-refractivity contribution in [2.24, 2.45) is 5.73 Å². The van der Waals surface area contributed by atoms with Gasteiger partial charge in [-0.3, -0.25) is 4.79 Å². The van der Waals surface area contributed by atoms with Crippen molar-refractivity contribution < 1.29 is 18.7 Å². The van der Waals surface area contributed by atoms with E-state index in [4.69, 9.17) is 10.5 Å². The number of ether oxygens (including phenoxy) is 1. The number of nitrogens with two attached hydrogens (primary N) is 1. The molecule has 1 aromatic carbocycles. The lowest BCUT2D eigenvalue weighted by molar-refractivity contribution is -0.143. The first-order valence-corrected chi connectivity index (χ1v) is 9.02. The average molecular weight is 401 g/mol. The molecule has 150 valence electrons. The first-order valence-electron chi connectivity index (χ1n) is 9.02. The number of benzene rings is 1.